The Bertz CT molecular complexity index is 1190. The normalized spacial score (nSPS) is 18.1. The van der Waals surface area contributed by atoms with Crippen molar-refractivity contribution in [3.05, 3.63) is 109 Å². The number of hydrogen-bond acceptors (Lipinski definition) is 3. The van der Waals surface area contributed by atoms with Crippen LogP contribution in [-0.2, 0) is 0 Å². The zero-order chi connectivity index (χ0) is 21.2. The lowest BCUT2D eigenvalue weighted by molar-refractivity contribution is 0.412. The van der Waals surface area contributed by atoms with Crippen LogP contribution in [0.1, 0.15) is 23.5 Å². The van der Waals surface area contributed by atoms with E-state index in [1.54, 1.807) is 7.11 Å². The van der Waals surface area contributed by atoms with Crippen LogP contribution in [0.5, 0.6) is 5.75 Å². The van der Waals surface area contributed by atoms with Gasteiger partial charge in [0.15, 0.2) is 5.11 Å². The van der Waals surface area contributed by atoms with Gasteiger partial charge in [0.2, 0.25) is 0 Å². The zero-order valence-electron chi connectivity index (χ0n) is 17.1. The molecule has 5 nitrogen and oxygen atoms in total. The third kappa shape index (κ3) is 3.45. The average molecular weight is 427 g/mol. The van der Waals surface area contributed by atoms with Gasteiger partial charge in [-0.2, -0.15) is 0 Å². The van der Waals surface area contributed by atoms with Crippen LogP contribution in [0.25, 0.3) is 5.69 Å². The Morgan fingerprint density at radius 2 is 1.68 bits per heavy atom. The number of methoxy groups -OCH3 is 1. The van der Waals surface area contributed by atoms with Crippen molar-refractivity contribution in [1.82, 2.24) is 14.9 Å². The van der Waals surface area contributed by atoms with Crippen LogP contribution >= 0.6 is 12.2 Å². The van der Waals surface area contributed by atoms with E-state index in [1.807, 2.05) is 60.8 Å². The van der Waals surface area contributed by atoms with Crippen molar-refractivity contribution in [1.29, 1.82) is 0 Å². The van der Waals surface area contributed by atoms with E-state index in [0.717, 1.165) is 28.5 Å². The molecule has 5 rings (SSSR count). The molecule has 0 aliphatic carbocycles. The van der Waals surface area contributed by atoms with E-state index >= 15 is 0 Å². The SMILES string of the molecule is COc1ccccc1-n1cccc1[C@@H]1[C@H](c2ccccn2)NC(=S)N1c1ccccc1. The minimum Gasteiger partial charge on any atom is -0.495 e. The van der Waals surface area contributed by atoms with E-state index in [4.69, 9.17) is 17.0 Å². The number of ether oxygens (including phenoxy) is 1. The highest BCUT2D eigenvalue weighted by molar-refractivity contribution is 7.80. The third-order valence-corrected chi connectivity index (χ3v) is 5.88. The molecule has 6 heteroatoms. The molecule has 0 unspecified atom stereocenters. The molecule has 31 heavy (non-hydrogen) atoms. The summed E-state index contributed by atoms with van der Waals surface area (Å²) in [5, 5.41) is 4.19. The monoisotopic (exact) mass is 426 g/mol. The van der Waals surface area contributed by atoms with E-state index in [-0.39, 0.29) is 12.1 Å². The zero-order valence-corrected chi connectivity index (χ0v) is 17.9. The minimum atomic E-state index is -0.0998. The second-order valence-electron chi connectivity index (χ2n) is 7.31. The smallest absolute Gasteiger partial charge is 0.174 e. The predicted octanol–water partition coefficient (Wildman–Crippen LogP) is 5.06. The first-order valence-electron chi connectivity index (χ1n) is 10.1. The van der Waals surface area contributed by atoms with Gasteiger partial charge in [0.05, 0.1) is 24.5 Å². The summed E-state index contributed by atoms with van der Waals surface area (Å²) in [6.45, 7) is 0. The molecule has 0 amide bonds. The summed E-state index contributed by atoms with van der Waals surface area (Å²) < 4.78 is 7.81. The van der Waals surface area contributed by atoms with Gasteiger partial charge in [-0.3, -0.25) is 4.98 Å². The molecule has 3 heterocycles. The van der Waals surface area contributed by atoms with E-state index < -0.39 is 0 Å². The standard InChI is InChI=1S/C25H22N4OS/c1-30-22-15-6-5-13-20(22)28-17-9-14-21(28)24-23(19-12-7-8-16-26-19)27-25(31)29(24)18-10-3-2-4-11-18/h2-17,23-24H,1H3,(H,27,31)/t23-,24+/m0/s1. The molecule has 2 aromatic carbocycles. The quantitative estimate of drug-likeness (QED) is 0.452. The van der Waals surface area contributed by atoms with Crippen LogP contribution in [0.4, 0.5) is 5.69 Å². The number of nitrogens with one attached hydrogen (secondary N) is 1. The molecular formula is C25H22N4OS. The molecule has 0 bridgehead atoms. The molecule has 4 aromatic rings. The Morgan fingerprint density at radius 3 is 2.45 bits per heavy atom. The van der Waals surface area contributed by atoms with Gasteiger partial charge in [-0.05, 0) is 60.7 Å². The lowest BCUT2D eigenvalue weighted by Crippen LogP contribution is -2.30. The summed E-state index contributed by atoms with van der Waals surface area (Å²) in [7, 11) is 1.70. The fourth-order valence-corrected chi connectivity index (χ4v) is 4.55. The Kier molecular flexibility index (Phi) is 5.14. The second kappa shape index (κ2) is 8.24. The predicted molar refractivity (Wildman–Crippen MR) is 127 cm³/mol. The number of rotatable bonds is 5. The fraction of sp³-hybridized carbons (Fsp3) is 0.120. The molecule has 154 valence electrons. The van der Waals surface area contributed by atoms with Gasteiger partial charge in [0.25, 0.3) is 0 Å². The van der Waals surface area contributed by atoms with Crippen LogP contribution < -0.4 is 15.0 Å². The molecule has 2 atom stereocenters. The summed E-state index contributed by atoms with van der Waals surface area (Å²) in [5.41, 5.74) is 4.06. The van der Waals surface area contributed by atoms with Crippen LogP contribution in [0, 0.1) is 0 Å². The highest BCUT2D eigenvalue weighted by atomic mass is 32.1. The van der Waals surface area contributed by atoms with E-state index in [0.29, 0.717) is 5.11 Å². The van der Waals surface area contributed by atoms with Gasteiger partial charge in [0, 0.05) is 23.8 Å². The largest absolute Gasteiger partial charge is 0.495 e. The van der Waals surface area contributed by atoms with Gasteiger partial charge in [-0.25, -0.2) is 0 Å². The number of anilines is 1. The lowest BCUT2D eigenvalue weighted by Gasteiger charge is -2.29. The Labute approximate surface area is 186 Å². The minimum absolute atomic E-state index is 0.0929. The number of benzene rings is 2. The van der Waals surface area contributed by atoms with Crippen LogP contribution in [-0.4, -0.2) is 21.8 Å². The molecule has 1 aliphatic heterocycles. The number of nitrogens with zero attached hydrogens (tertiary/aromatic N) is 3. The number of thiocarbonyl (C=S) groups is 1. The van der Waals surface area contributed by atoms with Crippen molar-refractivity contribution in [2.45, 2.75) is 12.1 Å². The summed E-state index contributed by atoms with van der Waals surface area (Å²) >= 11 is 5.81. The van der Waals surface area contributed by atoms with Crippen molar-refractivity contribution in [2.24, 2.45) is 0 Å². The maximum Gasteiger partial charge on any atom is 0.174 e. The maximum absolute atomic E-state index is 5.81. The summed E-state index contributed by atoms with van der Waals surface area (Å²) in [6.07, 6.45) is 3.88. The highest BCUT2D eigenvalue weighted by Crippen LogP contribution is 2.42. The van der Waals surface area contributed by atoms with Crippen LogP contribution in [0.3, 0.4) is 0 Å². The number of para-hydroxylation sites is 3. The first-order chi connectivity index (χ1) is 15.3. The van der Waals surface area contributed by atoms with E-state index in [1.165, 1.54) is 0 Å². The molecule has 1 saturated heterocycles. The molecule has 1 N–H and O–H groups in total. The van der Waals surface area contributed by atoms with Gasteiger partial charge in [-0.1, -0.05) is 36.4 Å². The molecule has 1 aliphatic rings. The van der Waals surface area contributed by atoms with Crippen molar-refractivity contribution in [3.63, 3.8) is 0 Å². The Morgan fingerprint density at radius 1 is 0.903 bits per heavy atom. The van der Waals surface area contributed by atoms with Crippen LogP contribution in [0.2, 0.25) is 0 Å². The summed E-state index contributed by atoms with van der Waals surface area (Å²) in [4.78, 5) is 6.81. The van der Waals surface area contributed by atoms with Crippen molar-refractivity contribution in [3.8, 4) is 11.4 Å². The molecular weight excluding hydrogens is 404 g/mol. The third-order valence-electron chi connectivity index (χ3n) is 5.56. The topological polar surface area (TPSA) is 42.3 Å². The second-order valence-corrected chi connectivity index (χ2v) is 7.69. The molecule has 0 radical (unpaired) electrons. The number of hydrogen-bond donors (Lipinski definition) is 1. The summed E-state index contributed by atoms with van der Waals surface area (Å²) in [6, 6.07) is 28.2. The first kappa shape index (κ1) is 19.3. The molecule has 0 spiro atoms. The van der Waals surface area contributed by atoms with E-state index in [9.17, 15) is 0 Å². The van der Waals surface area contributed by atoms with Gasteiger partial charge < -0.3 is 19.5 Å². The first-order valence-corrected chi connectivity index (χ1v) is 10.5. The molecule has 1 fully saturated rings. The fourth-order valence-electron chi connectivity index (χ4n) is 4.21. The number of aromatic nitrogens is 2. The highest BCUT2D eigenvalue weighted by Gasteiger charge is 2.42. The summed E-state index contributed by atoms with van der Waals surface area (Å²) in [5.74, 6) is 0.814. The van der Waals surface area contributed by atoms with Crippen molar-refractivity contribution < 1.29 is 4.74 Å². The molecule has 2 aromatic heterocycles. The van der Waals surface area contributed by atoms with Gasteiger partial charge >= 0.3 is 0 Å². The lowest BCUT2D eigenvalue weighted by atomic mass is 10.0. The molecule has 0 saturated carbocycles. The van der Waals surface area contributed by atoms with Gasteiger partial charge in [0.1, 0.15) is 11.8 Å². The van der Waals surface area contributed by atoms with Crippen molar-refractivity contribution >= 4 is 23.0 Å². The van der Waals surface area contributed by atoms with Crippen molar-refractivity contribution in [2.75, 3.05) is 12.0 Å². The Balaban J connectivity index is 1.68. The van der Waals surface area contributed by atoms with E-state index in [2.05, 4.69) is 56.3 Å². The van der Waals surface area contributed by atoms with Crippen LogP contribution in [0.15, 0.2) is 97.3 Å². The number of pyridine rings is 1. The Hall–Kier alpha value is -3.64. The maximum atomic E-state index is 5.81. The average Bonchev–Trinajstić information content (AvgIpc) is 3.44. The van der Waals surface area contributed by atoms with Gasteiger partial charge in [-0.15, -0.1) is 0 Å².